The van der Waals surface area contributed by atoms with Crippen LogP contribution in [0.2, 0.25) is 0 Å². The molecule has 1 rings (SSSR count). The molecule has 0 unspecified atom stereocenters. The molecule has 0 fully saturated rings. The lowest BCUT2D eigenvalue weighted by atomic mass is 10.2. The number of carbonyl (C=O) groups is 1. The molecule has 1 aromatic rings. The van der Waals surface area contributed by atoms with Gasteiger partial charge in [0.1, 0.15) is 5.69 Å². The van der Waals surface area contributed by atoms with E-state index in [1.54, 1.807) is 4.98 Å². The highest BCUT2D eigenvalue weighted by molar-refractivity contribution is 14.1. The molecule has 0 radical (unpaired) electrons. The van der Waals surface area contributed by atoms with Crippen LogP contribution in [0, 0.1) is 3.57 Å². The van der Waals surface area contributed by atoms with Crippen molar-refractivity contribution in [3.05, 3.63) is 31.2 Å². The minimum atomic E-state index is -3.01. The van der Waals surface area contributed by atoms with Crippen LogP contribution in [0.4, 0.5) is 8.78 Å². The van der Waals surface area contributed by atoms with Crippen molar-refractivity contribution < 1.29 is 18.7 Å². The van der Waals surface area contributed by atoms with Crippen molar-refractivity contribution in [3.63, 3.8) is 0 Å². The van der Waals surface area contributed by atoms with Crippen molar-refractivity contribution in [2.45, 2.75) is 6.43 Å². The molecule has 4 nitrogen and oxygen atoms in total. The van der Waals surface area contributed by atoms with Crippen LogP contribution in [0.25, 0.3) is 0 Å². The molecule has 0 spiro atoms. The van der Waals surface area contributed by atoms with Crippen LogP contribution in [-0.2, 0) is 0 Å². The third kappa shape index (κ3) is 2.08. The number of pyridine rings is 1. The molecule has 0 aliphatic heterocycles. The number of H-pyrrole nitrogens is 1. The second-order valence-corrected chi connectivity index (χ2v) is 3.54. The zero-order valence-electron chi connectivity index (χ0n) is 6.55. The van der Waals surface area contributed by atoms with E-state index in [2.05, 4.69) is 0 Å². The molecule has 1 aromatic heterocycles. The highest BCUT2D eigenvalue weighted by atomic mass is 127. The van der Waals surface area contributed by atoms with Crippen LogP contribution in [0.3, 0.4) is 0 Å². The van der Waals surface area contributed by atoms with E-state index in [0.717, 1.165) is 6.07 Å². The molecule has 0 saturated carbocycles. The van der Waals surface area contributed by atoms with Gasteiger partial charge in [0, 0.05) is 9.64 Å². The minimum absolute atomic E-state index is 0.00542. The fourth-order valence-electron chi connectivity index (χ4n) is 0.928. The molecule has 0 amide bonds. The number of alkyl halides is 2. The first-order valence-electron chi connectivity index (χ1n) is 3.37. The summed E-state index contributed by atoms with van der Waals surface area (Å²) in [6.45, 7) is 0. The van der Waals surface area contributed by atoms with Gasteiger partial charge < -0.3 is 10.1 Å². The summed E-state index contributed by atoms with van der Waals surface area (Å²) in [6, 6.07) is 0.954. The molecule has 0 bridgehead atoms. The molecule has 7 heteroatoms. The lowest BCUT2D eigenvalue weighted by Gasteiger charge is -2.05. The molecule has 14 heavy (non-hydrogen) atoms. The first-order valence-corrected chi connectivity index (χ1v) is 4.45. The summed E-state index contributed by atoms with van der Waals surface area (Å²) in [5.41, 5.74) is -2.15. The van der Waals surface area contributed by atoms with Gasteiger partial charge in [-0.3, -0.25) is 4.79 Å². The van der Waals surface area contributed by atoms with Gasteiger partial charge in [-0.2, -0.15) is 0 Å². The fourth-order valence-corrected chi connectivity index (χ4v) is 1.73. The molecule has 0 aliphatic carbocycles. The maximum Gasteiger partial charge on any atom is 0.338 e. The molecular weight excluding hydrogens is 311 g/mol. The minimum Gasteiger partial charge on any atom is -0.478 e. The molecule has 0 aliphatic rings. The van der Waals surface area contributed by atoms with Gasteiger partial charge in [0.05, 0.1) is 5.56 Å². The summed E-state index contributed by atoms with van der Waals surface area (Å²) >= 11 is 1.53. The van der Waals surface area contributed by atoms with Crippen LogP contribution in [0.1, 0.15) is 22.5 Å². The first kappa shape index (κ1) is 11.1. The van der Waals surface area contributed by atoms with E-state index in [1.807, 2.05) is 0 Å². The number of aromatic carboxylic acids is 1. The second kappa shape index (κ2) is 4.03. The van der Waals surface area contributed by atoms with Crippen molar-refractivity contribution in [3.8, 4) is 0 Å². The summed E-state index contributed by atoms with van der Waals surface area (Å²) in [5, 5.41) is 8.63. The van der Waals surface area contributed by atoms with Gasteiger partial charge in [0.15, 0.2) is 0 Å². The van der Waals surface area contributed by atoms with Crippen LogP contribution < -0.4 is 5.56 Å². The highest BCUT2D eigenvalue weighted by Crippen LogP contribution is 2.22. The van der Waals surface area contributed by atoms with Crippen molar-refractivity contribution in [2.24, 2.45) is 0 Å². The maximum atomic E-state index is 12.3. The van der Waals surface area contributed by atoms with Gasteiger partial charge in [-0.15, -0.1) is 0 Å². The van der Waals surface area contributed by atoms with Gasteiger partial charge in [-0.05, 0) is 22.6 Å². The van der Waals surface area contributed by atoms with Crippen molar-refractivity contribution >= 4 is 28.6 Å². The number of aromatic amines is 1. The quantitative estimate of drug-likeness (QED) is 0.815. The number of hydrogen-bond acceptors (Lipinski definition) is 2. The zero-order valence-corrected chi connectivity index (χ0v) is 8.71. The third-order valence-corrected chi connectivity index (χ3v) is 2.31. The van der Waals surface area contributed by atoms with Crippen LogP contribution in [0.5, 0.6) is 0 Å². The Balaban J connectivity index is 3.52. The molecule has 0 saturated heterocycles. The number of hydrogen-bond donors (Lipinski definition) is 2. The van der Waals surface area contributed by atoms with Crippen LogP contribution >= 0.6 is 22.6 Å². The van der Waals surface area contributed by atoms with Crippen LogP contribution in [-0.4, -0.2) is 16.1 Å². The predicted octanol–water partition coefficient (Wildman–Crippen LogP) is 1.62. The summed E-state index contributed by atoms with van der Waals surface area (Å²) in [7, 11) is 0. The Morgan fingerprint density at radius 2 is 2.14 bits per heavy atom. The van der Waals surface area contributed by atoms with Gasteiger partial charge >= 0.3 is 5.97 Å². The molecule has 76 valence electrons. The van der Waals surface area contributed by atoms with E-state index in [9.17, 15) is 18.4 Å². The van der Waals surface area contributed by atoms with Crippen molar-refractivity contribution in [1.82, 2.24) is 4.98 Å². The summed E-state index contributed by atoms with van der Waals surface area (Å²) in [6.07, 6.45) is -3.01. The summed E-state index contributed by atoms with van der Waals surface area (Å²) < 4.78 is 24.6. The van der Waals surface area contributed by atoms with Gasteiger partial charge in [0.2, 0.25) is 5.56 Å². The van der Waals surface area contributed by atoms with Crippen molar-refractivity contribution in [2.75, 3.05) is 0 Å². The number of rotatable bonds is 2. The Hall–Kier alpha value is -0.990. The molecular formula is C7H4F2INO3. The number of halogens is 3. The zero-order chi connectivity index (χ0) is 10.9. The Morgan fingerprint density at radius 3 is 2.57 bits per heavy atom. The number of nitrogens with one attached hydrogen (secondary N) is 1. The van der Waals surface area contributed by atoms with Gasteiger partial charge in [-0.25, -0.2) is 13.6 Å². The summed E-state index contributed by atoms with van der Waals surface area (Å²) in [5.74, 6) is -1.49. The molecule has 0 aromatic carbocycles. The summed E-state index contributed by atoms with van der Waals surface area (Å²) in [4.78, 5) is 23.2. The number of carboxylic acid groups (broad SMARTS) is 1. The topological polar surface area (TPSA) is 70.2 Å². The van der Waals surface area contributed by atoms with E-state index in [4.69, 9.17) is 5.11 Å². The molecule has 0 atom stereocenters. The molecule has 2 N–H and O–H groups in total. The van der Waals surface area contributed by atoms with E-state index in [-0.39, 0.29) is 3.57 Å². The Morgan fingerprint density at radius 1 is 1.57 bits per heavy atom. The smallest absolute Gasteiger partial charge is 0.338 e. The van der Waals surface area contributed by atoms with E-state index < -0.39 is 29.2 Å². The Labute approximate surface area is 90.1 Å². The normalized spacial score (nSPS) is 10.6. The predicted molar refractivity (Wildman–Crippen MR) is 51.7 cm³/mol. The standard InChI is InChI=1S/C7H4F2INO3/c8-6(9)5-4(7(13)14)2(10)1-3(12)11-5/h1,6H,(H,11,12)(H,13,14). The van der Waals surface area contributed by atoms with E-state index >= 15 is 0 Å². The molecule has 1 heterocycles. The fraction of sp³-hybridized carbons (Fsp3) is 0.143. The average molecular weight is 315 g/mol. The number of carboxylic acids is 1. The monoisotopic (exact) mass is 315 g/mol. The Bertz CT molecular complexity index is 429. The van der Waals surface area contributed by atoms with E-state index in [0.29, 0.717) is 0 Å². The highest BCUT2D eigenvalue weighted by Gasteiger charge is 2.22. The largest absolute Gasteiger partial charge is 0.478 e. The SMILES string of the molecule is O=C(O)c1c(I)cc(=O)[nH]c1C(F)F. The van der Waals surface area contributed by atoms with Gasteiger partial charge in [-0.1, -0.05) is 0 Å². The van der Waals surface area contributed by atoms with Crippen molar-refractivity contribution in [1.29, 1.82) is 0 Å². The van der Waals surface area contributed by atoms with Gasteiger partial charge in [0.25, 0.3) is 6.43 Å². The van der Waals surface area contributed by atoms with E-state index in [1.165, 1.54) is 22.6 Å². The first-order chi connectivity index (χ1) is 6.43. The average Bonchev–Trinajstić information content (AvgIpc) is 2.01. The second-order valence-electron chi connectivity index (χ2n) is 2.38. The Kier molecular flexibility index (Phi) is 3.19. The van der Waals surface area contributed by atoms with Crippen LogP contribution in [0.15, 0.2) is 10.9 Å². The lowest BCUT2D eigenvalue weighted by molar-refractivity contribution is 0.0680. The third-order valence-electron chi connectivity index (χ3n) is 1.46. The maximum absolute atomic E-state index is 12.3. The number of aromatic nitrogens is 1. The lowest BCUT2D eigenvalue weighted by Crippen LogP contribution is -2.16.